The second-order valence-corrected chi connectivity index (χ2v) is 8.27. The fraction of sp³-hybridized carbons (Fsp3) is 0.273. The summed E-state index contributed by atoms with van der Waals surface area (Å²) in [6.45, 7) is 2.09. The summed E-state index contributed by atoms with van der Waals surface area (Å²) in [5.74, 6) is -0.305. The van der Waals surface area contributed by atoms with Crippen LogP contribution in [-0.4, -0.2) is 55.7 Å². The van der Waals surface area contributed by atoms with Crippen LogP contribution < -0.4 is 9.64 Å². The quantitative estimate of drug-likeness (QED) is 0.631. The average molecular weight is 426 g/mol. The molecule has 0 aliphatic carbocycles. The number of fused-ring (bicyclic) bond motifs is 2. The lowest BCUT2D eigenvalue weighted by Crippen LogP contribution is -2.54. The number of halogens is 1. The number of rotatable bonds is 2. The first-order chi connectivity index (χ1) is 14.6. The molecular formula is C22H19FN2O4S. The molecule has 154 valence electrons. The molecule has 8 heteroatoms. The third-order valence-corrected chi connectivity index (χ3v) is 6.42. The number of thiophene rings is 1. The van der Waals surface area contributed by atoms with E-state index in [1.54, 1.807) is 46.2 Å². The Morgan fingerprint density at radius 2 is 1.87 bits per heavy atom. The lowest BCUT2D eigenvalue weighted by atomic mass is 10.1. The maximum atomic E-state index is 14.1. The fourth-order valence-electron chi connectivity index (χ4n) is 3.81. The summed E-state index contributed by atoms with van der Waals surface area (Å²) in [5.41, 5.74) is 0.603. The maximum absolute atomic E-state index is 14.1. The zero-order valence-corrected chi connectivity index (χ0v) is 16.9. The molecule has 0 spiro atoms. The number of anilines is 1. The van der Waals surface area contributed by atoms with E-state index < -0.39 is 6.10 Å². The Morgan fingerprint density at radius 1 is 1.07 bits per heavy atom. The van der Waals surface area contributed by atoms with Crippen LogP contribution in [0.5, 0.6) is 5.75 Å². The van der Waals surface area contributed by atoms with Gasteiger partial charge in [-0.1, -0.05) is 18.2 Å². The van der Waals surface area contributed by atoms with E-state index in [2.05, 4.69) is 0 Å². The maximum Gasteiger partial charge on any atom is 0.268 e. The number of hydrogen-bond acceptors (Lipinski definition) is 5. The minimum Gasteiger partial charge on any atom is -0.476 e. The van der Waals surface area contributed by atoms with Crippen LogP contribution in [0, 0.1) is 5.82 Å². The van der Waals surface area contributed by atoms with E-state index in [4.69, 9.17) is 9.47 Å². The Bertz CT molecular complexity index is 1130. The standard InChI is InChI=1S/C22H19FN2O4S/c23-15-4-3-7-19-14(15)12-20(30-19)22(27)25-13-18(21(26)24-8-10-28-11-9-24)29-17-6-2-1-5-16(17)25/h1-7,12,18H,8-11,13H2/t18-/m0/s1. The first-order valence-electron chi connectivity index (χ1n) is 9.74. The number of carbonyl (C=O) groups excluding carboxylic acids is 2. The summed E-state index contributed by atoms with van der Waals surface area (Å²) in [6.07, 6.45) is -0.798. The number of amides is 2. The highest BCUT2D eigenvalue weighted by Gasteiger charge is 2.37. The molecule has 1 fully saturated rings. The highest BCUT2D eigenvalue weighted by molar-refractivity contribution is 7.20. The zero-order chi connectivity index (χ0) is 20.7. The summed E-state index contributed by atoms with van der Waals surface area (Å²) in [6, 6.07) is 13.5. The fourth-order valence-corrected chi connectivity index (χ4v) is 4.83. The minimum absolute atomic E-state index is 0.1000. The van der Waals surface area contributed by atoms with Gasteiger partial charge in [0.05, 0.1) is 30.3 Å². The van der Waals surface area contributed by atoms with Gasteiger partial charge in [-0.15, -0.1) is 11.3 Å². The largest absolute Gasteiger partial charge is 0.476 e. The molecular weight excluding hydrogens is 407 g/mol. The van der Waals surface area contributed by atoms with E-state index in [-0.39, 0.29) is 24.2 Å². The predicted molar refractivity (Wildman–Crippen MR) is 112 cm³/mol. The molecule has 2 aromatic carbocycles. The monoisotopic (exact) mass is 426 g/mol. The van der Waals surface area contributed by atoms with Crippen LogP contribution in [0.2, 0.25) is 0 Å². The van der Waals surface area contributed by atoms with Crippen molar-refractivity contribution in [1.29, 1.82) is 0 Å². The number of benzene rings is 2. The molecule has 0 bridgehead atoms. The zero-order valence-electron chi connectivity index (χ0n) is 16.0. The Hall–Kier alpha value is -2.97. The van der Waals surface area contributed by atoms with Crippen LogP contribution in [0.1, 0.15) is 9.67 Å². The van der Waals surface area contributed by atoms with E-state index in [1.807, 2.05) is 6.07 Å². The van der Waals surface area contributed by atoms with Crippen molar-refractivity contribution in [2.24, 2.45) is 0 Å². The third kappa shape index (κ3) is 3.32. The molecule has 30 heavy (non-hydrogen) atoms. The van der Waals surface area contributed by atoms with Gasteiger partial charge in [0.25, 0.3) is 11.8 Å². The molecule has 0 radical (unpaired) electrons. The summed E-state index contributed by atoms with van der Waals surface area (Å²) >= 11 is 1.24. The van der Waals surface area contributed by atoms with Gasteiger partial charge in [-0.2, -0.15) is 0 Å². The van der Waals surface area contributed by atoms with Crippen molar-refractivity contribution in [3.05, 3.63) is 59.2 Å². The smallest absolute Gasteiger partial charge is 0.268 e. The SMILES string of the molecule is O=C([C@@H]1CN(C(=O)c2cc3c(F)cccc3s2)c2ccccc2O1)N1CCOCC1. The Kier molecular flexibility index (Phi) is 4.88. The molecule has 6 nitrogen and oxygen atoms in total. The molecule has 2 aliphatic heterocycles. The molecule has 2 amide bonds. The van der Waals surface area contributed by atoms with Crippen LogP contribution in [0.3, 0.4) is 0 Å². The van der Waals surface area contributed by atoms with Gasteiger partial charge in [-0.3, -0.25) is 14.5 Å². The van der Waals surface area contributed by atoms with Crippen molar-refractivity contribution >= 4 is 38.9 Å². The van der Waals surface area contributed by atoms with Crippen molar-refractivity contribution in [1.82, 2.24) is 4.90 Å². The lowest BCUT2D eigenvalue weighted by molar-refractivity contribution is -0.142. The lowest BCUT2D eigenvalue weighted by Gasteiger charge is -2.37. The first-order valence-corrected chi connectivity index (χ1v) is 10.6. The van der Waals surface area contributed by atoms with E-state index in [9.17, 15) is 14.0 Å². The van der Waals surface area contributed by atoms with Crippen molar-refractivity contribution in [3.63, 3.8) is 0 Å². The molecule has 1 atom stereocenters. The summed E-state index contributed by atoms with van der Waals surface area (Å²) in [4.78, 5) is 30.1. The minimum atomic E-state index is -0.798. The van der Waals surface area contributed by atoms with Gasteiger partial charge in [0, 0.05) is 23.2 Å². The molecule has 3 heterocycles. The van der Waals surface area contributed by atoms with Gasteiger partial charge in [0.1, 0.15) is 11.6 Å². The Balaban J connectivity index is 1.48. The van der Waals surface area contributed by atoms with E-state index in [0.29, 0.717) is 52.7 Å². The van der Waals surface area contributed by atoms with Crippen LogP contribution in [0.4, 0.5) is 10.1 Å². The average Bonchev–Trinajstić information content (AvgIpc) is 3.24. The van der Waals surface area contributed by atoms with Crippen molar-refractivity contribution < 1.29 is 23.5 Å². The van der Waals surface area contributed by atoms with E-state index in [1.165, 1.54) is 17.4 Å². The number of nitrogens with zero attached hydrogens (tertiary/aromatic N) is 2. The van der Waals surface area contributed by atoms with E-state index >= 15 is 0 Å². The number of carbonyl (C=O) groups is 2. The van der Waals surface area contributed by atoms with E-state index in [0.717, 1.165) is 0 Å². The van der Waals surface area contributed by atoms with Gasteiger partial charge in [0.2, 0.25) is 0 Å². The van der Waals surface area contributed by atoms with Gasteiger partial charge < -0.3 is 14.4 Å². The number of ether oxygens (including phenoxy) is 2. The summed E-state index contributed by atoms with van der Waals surface area (Å²) < 4.78 is 26.1. The normalized spacial score (nSPS) is 18.8. The number of morpholine rings is 1. The highest BCUT2D eigenvalue weighted by atomic mass is 32.1. The Labute approximate surface area is 176 Å². The van der Waals surface area contributed by atoms with Crippen molar-refractivity contribution in [2.45, 2.75) is 6.10 Å². The molecule has 0 unspecified atom stereocenters. The van der Waals surface area contributed by atoms with Gasteiger partial charge >= 0.3 is 0 Å². The molecule has 1 aromatic heterocycles. The Morgan fingerprint density at radius 3 is 2.67 bits per heavy atom. The summed E-state index contributed by atoms with van der Waals surface area (Å²) in [5, 5.41) is 0.424. The summed E-state index contributed by atoms with van der Waals surface area (Å²) in [7, 11) is 0. The van der Waals surface area contributed by atoms with Gasteiger partial charge in [0.15, 0.2) is 6.10 Å². The van der Waals surface area contributed by atoms with Crippen molar-refractivity contribution in [2.75, 3.05) is 37.7 Å². The molecule has 2 aliphatic rings. The van der Waals surface area contributed by atoms with Crippen molar-refractivity contribution in [3.8, 4) is 5.75 Å². The van der Waals surface area contributed by atoms with Crippen LogP contribution in [0.15, 0.2) is 48.5 Å². The molecule has 5 rings (SSSR count). The van der Waals surface area contributed by atoms with Crippen LogP contribution in [0.25, 0.3) is 10.1 Å². The second kappa shape index (κ2) is 7.70. The molecule has 3 aromatic rings. The topological polar surface area (TPSA) is 59.1 Å². The molecule has 0 N–H and O–H groups in total. The number of para-hydroxylation sites is 2. The van der Waals surface area contributed by atoms with Crippen LogP contribution >= 0.6 is 11.3 Å². The highest BCUT2D eigenvalue weighted by Crippen LogP contribution is 2.36. The number of hydrogen-bond donors (Lipinski definition) is 0. The van der Waals surface area contributed by atoms with Gasteiger partial charge in [-0.05, 0) is 30.3 Å². The third-order valence-electron chi connectivity index (χ3n) is 5.34. The molecule has 0 saturated carbocycles. The first kappa shape index (κ1) is 19.0. The molecule has 1 saturated heterocycles. The predicted octanol–water partition coefficient (Wildman–Crippen LogP) is 3.31. The second-order valence-electron chi connectivity index (χ2n) is 7.19. The van der Waals surface area contributed by atoms with Gasteiger partial charge in [-0.25, -0.2) is 4.39 Å². The van der Waals surface area contributed by atoms with Crippen LogP contribution in [-0.2, 0) is 9.53 Å².